The molecule has 0 unspecified atom stereocenters. The zero-order chi connectivity index (χ0) is 30.3. The number of methoxy groups -OCH3 is 1. The van der Waals surface area contributed by atoms with Crippen LogP contribution in [0.5, 0.6) is 5.75 Å². The Labute approximate surface area is 239 Å². The normalized spacial score (nSPS) is 22.0. The number of aromatic nitrogens is 3. The van der Waals surface area contributed by atoms with Crippen LogP contribution in [-0.2, 0) is 42.9 Å². The first kappa shape index (κ1) is 31.2. The Morgan fingerprint density at radius 1 is 0.927 bits per heavy atom. The second-order valence-corrected chi connectivity index (χ2v) is 9.17. The summed E-state index contributed by atoms with van der Waals surface area (Å²) in [4.78, 5) is 61.4. The van der Waals surface area contributed by atoms with Gasteiger partial charge in [-0.25, -0.2) is 0 Å². The first-order chi connectivity index (χ1) is 19.4. The van der Waals surface area contributed by atoms with Gasteiger partial charge in [0.1, 0.15) is 24.2 Å². The van der Waals surface area contributed by atoms with Crippen LogP contribution >= 0.6 is 12.2 Å². The third-order valence-corrected chi connectivity index (χ3v) is 5.99. The van der Waals surface area contributed by atoms with E-state index < -0.39 is 66.7 Å². The molecule has 1 aliphatic heterocycles. The van der Waals surface area contributed by atoms with Gasteiger partial charge in [-0.15, -0.1) is 0 Å². The van der Waals surface area contributed by atoms with Crippen molar-refractivity contribution in [3.8, 4) is 5.75 Å². The van der Waals surface area contributed by atoms with Crippen molar-refractivity contribution < 1.29 is 47.6 Å². The van der Waals surface area contributed by atoms with Crippen molar-refractivity contribution in [2.45, 2.75) is 58.3 Å². The molecule has 41 heavy (non-hydrogen) atoms. The molecule has 0 saturated carbocycles. The standard InChI is InChI=1S/C26H29N3O11S/c1-13(30)36-12-20-21(37-14(2)31)22(38-15(3)32)23(39-16(4)33)25(40-20)29-24(34)19(27-28-26(29)41)11-8-17-6-9-18(35-5)10-7-17/h6-11,20-23,25H,12H2,1-5H3,(H,28,41)/b11-8+/t20-,21-,22+,23-,25-/m1/s1. The topological polar surface area (TPSA) is 174 Å². The zero-order valence-electron chi connectivity index (χ0n) is 22.9. The summed E-state index contributed by atoms with van der Waals surface area (Å²) in [7, 11) is 1.54. The van der Waals surface area contributed by atoms with Crippen LogP contribution in [0.15, 0.2) is 29.1 Å². The van der Waals surface area contributed by atoms with Gasteiger partial charge in [0.15, 0.2) is 29.3 Å². The molecule has 2 aromatic rings. The molecule has 1 aliphatic rings. The van der Waals surface area contributed by atoms with E-state index in [-0.39, 0.29) is 10.5 Å². The number of nitrogens with one attached hydrogen (secondary N) is 1. The van der Waals surface area contributed by atoms with E-state index in [1.807, 2.05) is 0 Å². The van der Waals surface area contributed by atoms with Gasteiger partial charge < -0.3 is 28.4 Å². The Kier molecular flexibility index (Phi) is 10.5. The minimum atomic E-state index is -1.53. The lowest BCUT2D eigenvalue weighted by Crippen LogP contribution is -2.61. The van der Waals surface area contributed by atoms with Crippen LogP contribution < -0.4 is 10.3 Å². The van der Waals surface area contributed by atoms with Crippen LogP contribution in [0, 0.1) is 4.77 Å². The van der Waals surface area contributed by atoms with E-state index in [9.17, 15) is 24.0 Å². The number of aromatic amines is 1. The highest BCUT2D eigenvalue weighted by atomic mass is 32.1. The molecule has 1 aromatic carbocycles. The SMILES string of the molecule is COc1ccc(/C=C/c2n[nH]c(=S)n([C@@H]3O[C@H](COC(C)=O)[C@@H](OC(C)=O)[C@H](OC(C)=O)[C@H]3OC(C)=O)c2=O)cc1. The molecule has 0 amide bonds. The van der Waals surface area contributed by atoms with Gasteiger partial charge in [0.25, 0.3) is 5.56 Å². The number of hydrogen-bond acceptors (Lipinski definition) is 13. The van der Waals surface area contributed by atoms with E-state index in [1.54, 1.807) is 30.3 Å². The van der Waals surface area contributed by atoms with E-state index >= 15 is 0 Å². The van der Waals surface area contributed by atoms with Gasteiger partial charge in [-0.3, -0.25) is 33.6 Å². The number of hydrogen-bond donors (Lipinski definition) is 1. The molecule has 220 valence electrons. The number of carbonyl (C=O) groups is 4. The maximum atomic E-state index is 13.6. The summed E-state index contributed by atoms with van der Waals surface area (Å²) < 4.78 is 33.2. The molecule has 0 spiro atoms. The predicted octanol–water partition coefficient (Wildman–Crippen LogP) is 1.74. The molecule has 2 heterocycles. The van der Waals surface area contributed by atoms with Crippen molar-refractivity contribution in [1.29, 1.82) is 0 Å². The summed E-state index contributed by atoms with van der Waals surface area (Å²) in [5.41, 5.74) is -0.116. The van der Waals surface area contributed by atoms with Crippen LogP contribution in [0.3, 0.4) is 0 Å². The van der Waals surface area contributed by atoms with Crippen LogP contribution in [0.2, 0.25) is 0 Å². The Hall–Kier alpha value is -4.37. The van der Waals surface area contributed by atoms with Gasteiger partial charge in [-0.2, -0.15) is 5.10 Å². The third-order valence-electron chi connectivity index (χ3n) is 5.70. The Bertz CT molecular complexity index is 1430. The minimum absolute atomic E-state index is 0.0951. The van der Waals surface area contributed by atoms with E-state index in [1.165, 1.54) is 13.2 Å². The molecule has 0 bridgehead atoms. The molecule has 3 rings (SSSR count). The van der Waals surface area contributed by atoms with Crippen LogP contribution in [-0.4, -0.2) is 76.8 Å². The fourth-order valence-corrected chi connectivity index (χ4v) is 4.30. The van der Waals surface area contributed by atoms with Gasteiger partial charge in [0.05, 0.1) is 7.11 Å². The van der Waals surface area contributed by atoms with Crippen LogP contribution in [0.25, 0.3) is 12.2 Å². The molecule has 15 heteroatoms. The zero-order valence-corrected chi connectivity index (χ0v) is 23.7. The van der Waals surface area contributed by atoms with Crippen LogP contribution in [0.1, 0.15) is 45.2 Å². The molecule has 1 N–H and O–H groups in total. The maximum absolute atomic E-state index is 13.6. The average Bonchev–Trinajstić information content (AvgIpc) is 2.89. The summed E-state index contributed by atoms with van der Waals surface area (Å²) in [5.74, 6) is -2.45. The summed E-state index contributed by atoms with van der Waals surface area (Å²) in [6.45, 7) is 3.97. The minimum Gasteiger partial charge on any atom is -0.497 e. The quantitative estimate of drug-likeness (QED) is 0.254. The van der Waals surface area contributed by atoms with Crippen molar-refractivity contribution in [3.05, 3.63) is 50.6 Å². The maximum Gasteiger partial charge on any atom is 0.303 e. The van der Waals surface area contributed by atoms with E-state index in [0.29, 0.717) is 5.75 Å². The number of H-pyrrole nitrogens is 1. The third kappa shape index (κ3) is 8.08. The molecule has 5 atom stereocenters. The fraction of sp³-hybridized carbons (Fsp3) is 0.423. The fourth-order valence-electron chi connectivity index (χ4n) is 4.07. The highest BCUT2D eigenvalue weighted by Gasteiger charge is 2.53. The van der Waals surface area contributed by atoms with Crippen molar-refractivity contribution >= 4 is 48.2 Å². The summed E-state index contributed by atoms with van der Waals surface area (Å²) in [6.07, 6.45) is -4.13. The molecule has 1 fully saturated rings. The summed E-state index contributed by atoms with van der Waals surface area (Å²) >= 11 is 5.33. The number of benzene rings is 1. The van der Waals surface area contributed by atoms with Gasteiger partial charge in [0, 0.05) is 27.7 Å². The lowest BCUT2D eigenvalue weighted by atomic mass is 9.97. The summed E-state index contributed by atoms with van der Waals surface area (Å²) in [5, 5.41) is 6.56. The molecular formula is C26H29N3O11S. The van der Waals surface area contributed by atoms with Crippen molar-refractivity contribution in [2.75, 3.05) is 13.7 Å². The first-order valence-corrected chi connectivity index (χ1v) is 12.7. The van der Waals surface area contributed by atoms with E-state index in [0.717, 1.165) is 37.8 Å². The van der Waals surface area contributed by atoms with Crippen molar-refractivity contribution in [1.82, 2.24) is 14.8 Å². The molecule has 0 radical (unpaired) electrons. The second kappa shape index (κ2) is 13.8. The molecule has 0 aliphatic carbocycles. The number of carbonyl (C=O) groups excluding carboxylic acids is 4. The second-order valence-electron chi connectivity index (χ2n) is 8.79. The monoisotopic (exact) mass is 591 g/mol. The highest BCUT2D eigenvalue weighted by molar-refractivity contribution is 7.71. The van der Waals surface area contributed by atoms with E-state index in [4.69, 9.17) is 40.6 Å². The van der Waals surface area contributed by atoms with Gasteiger partial charge in [-0.1, -0.05) is 18.2 Å². The van der Waals surface area contributed by atoms with Gasteiger partial charge >= 0.3 is 23.9 Å². The average molecular weight is 592 g/mol. The lowest BCUT2D eigenvalue weighted by molar-refractivity contribution is -0.269. The molecular weight excluding hydrogens is 562 g/mol. The molecule has 14 nitrogen and oxygen atoms in total. The Morgan fingerprint density at radius 2 is 1.51 bits per heavy atom. The lowest BCUT2D eigenvalue weighted by Gasteiger charge is -2.44. The Morgan fingerprint density at radius 3 is 2.07 bits per heavy atom. The number of nitrogens with zero attached hydrogens (tertiary/aromatic N) is 2. The van der Waals surface area contributed by atoms with Gasteiger partial charge in [-0.05, 0) is 36.0 Å². The van der Waals surface area contributed by atoms with Crippen LogP contribution in [0.4, 0.5) is 0 Å². The Balaban J connectivity index is 2.13. The number of ether oxygens (including phenoxy) is 6. The van der Waals surface area contributed by atoms with Crippen molar-refractivity contribution in [3.63, 3.8) is 0 Å². The molecule has 1 saturated heterocycles. The predicted molar refractivity (Wildman–Crippen MR) is 143 cm³/mol. The number of esters is 4. The molecule has 1 aromatic heterocycles. The summed E-state index contributed by atoms with van der Waals surface area (Å²) in [6, 6.07) is 7.00. The first-order valence-electron chi connectivity index (χ1n) is 12.2. The van der Waals surface area contributed by atoms with Crippen molar-refractivity contribution in [2.24, 2.45) is 0 Å². The van der Waals surface area contributed by atoms with E-state index in [2.05, 4.69) is 10.2 Å². The smallest absolute Gasteiger partial charge is 0.303 e. The van der Waals surface area contributed by atoms with Gasteiger partial charge in [0.2, 0.25) is 0 Å². The largest absolute Gasteiger partial charge is 0.497 e. The number of rotatable bonds is 9. The highest BCUT2D eigenvalue weighted by Crippen LogP contribution is 2.34.